The largest absolute Gasteiger partial charge is 0.466 e. The molecule has 0 bridgehead atoms. The maximum atomic E-state index is 12.6. The van der Waals surface area contributed by atoms with Crippen LogP contribution in [0.15, 0.2) is 73.1 Å². The van der Waals surface area contributed by atoms with Crippen LogP contribution in [0.25, 0.3) is 23.3 Å². The molecule has 2 aromatic carbocycles. The lowest BCUT2D eigenvalue weighted by Gasteiger charge is -2.37. The van der Waals surface area contributed by atoms with E-state index in [1.54, 1.807) is 0 Å². The molecule has 2 amide bonds. The Balaban J connectivity index is 0.000000205. The predicted molar refractivity (Wildman–Crippen MR) is 274 cm³/mol. The van der Waals surface area contributed by atoms with Gasteiger partial charge in [0.05, 0.1) is 18.0 Å². The van der Waals surface area contributed by atoms with Gasteiger partial charge >= 0.3 is 18.2 Å². The summed E-state index contributed by atoms with van der Waals surface area (Å²) in [6.07, 6.45) is 13.4. The van der Waals surface area contributed by atoms with Gasteiger partial charge in [0.1, 0.15) is 11.2 Å². The molecular formula is C56H68Cl2N4O7. The van der Waals surface area contributed by atoms with E-state index in [1.807, 2.05) is 107 Å². The monoisotopic (exact) mass is 978 g/mol. The van der Waals surface area contributed by atoms with Gasteiger partial charge in [-0.05, 0) is 186 Å². The summed E-state index contributed by atoms with van der Waals surface area (Å²) in [5.74, 6) is 0.631. The number of aliphatic hydroxyl groups is 1. The number of carbonyl (C=O) groups excluding carboxylic acids is 3. The van der Waals surface area contributed by atoms with Crippen LogP contribution in [0.4, 0.5) is 9.59 Å². The average Bonchev–Trinajstić information content (AvgIpc) is 3.53. The van der Waals surface area contributed by atoms with E-state index < -0.39 is 11.2 Å². The quantitative estimate of drug-likeness (QED) is 0.129. The van der Waals surface area contributed by atoms with E-state index in [9.17, 15) is 19.5 Å². The van der Waals surface area contributed by atoms with Crippen molar-refractivity contribution < 1.29 is 33.7 Å². The average molecular weight is 980 g/mol. The molecule has 4 aliphatic rings. The summed E-state index contributed by atoms with van der Waals surface area (Å²) in [6.45, 7) is 16.3. The first-order valence-corrected chi connectivity index (χ1v) is 25.3. The molecule has 4 heterocycles. The molecule has 0 spiro atoms. The number of esters is 1. The van der Waals surface area contributed by atoms with Crippen molar-refractivity contribution in [3.8, 4) is 0 Å². The van der Waals surface area contributed by atoms with E-state index in [1.165, 1.54) is 16.7 Å². The van der Waals surface area contributed by atoms with Gasteiger partial charge in [-0.2, -0.15) is 0 Å². The number of fused-ring (bicyclic) bond motifs is 4. The number of aromatic nitrogens is 2. The SMILES string of the molecule is CC(C)(C)OC(=O)N1CCC(C2c3ccc(Cl)cc3C=C(CCCO)c3cccnc32)CC1.CCOC(=O)CCC1=Cc2cc(Cl)ccc2C(C2CCN(C(=O)OC(C)(C)C)CC2)c2ncccc21. The Bertz CT molecular complexity index is 2530. The lowest BCUT2D eigenvalue weighted by molar-refractivity contribution is -0.142. The number of halogens is 2. The van der Waals surface area contributed by atoms with Crippen molar-refractivity contribution in [2.24, 2.45) is 11.8 Å². The Labute approximate surface area is 418 Å². The zero-order valence-corrected chi connectivity index (χ0v) is 42.7. The molecular weight excluding hydrogens is 912 g/mol. The Morgan fingerprint density at radius 3 is 1.51 bits per heavy atom. The second-order valence-electron chi connectivity index (χ2n) is 20.5. The lowest BCUT2D eigenvalue weighted by Crippen LogP contribution is -2.42. The number of aliphatic hydroxyl groups excluding tert-OH is 1. The molecule has 2 unspecified atom stereocenters. The van der Waals surface area contributed by atoms with Crippen molar-refractivity contribution >= 4 is 64.7 Å². The third kappa shape index (κ3) is 13.2. The highest BCUT2D eigenvalue weighted by atomic mass is 35.5. The fourth-order valence-corrected chi connectivity index (χ4v) is 10.6. The summed E-state index contributed by atoms with van der Waals surface area (Å²) in [4.78, 5) is 50.7. The second-order valence-corrected chi connectivity index (χ2v) is 21.3. The van der Waals surface area contributed by atoms with Crippen molar-refractivity contribution in [2.45, 2.75) is 123 Å². The highest BCUT2D eigenvalue weighted by Gasteiger charge is 2.38. The van der Waals surface area contributed by atoms with Crippen LogP contribution < -0.4 is 0 Å². The van der Waals surface area contributed by atoms with Gasteiger partial charge in [0, 0.05) is 73.5 Å². The summed E-state index contributed by atoms with van der Waals surface area (Å²) in [5, 5.41) is 10.8. The molecule has 2 aliphatic heterocycles. The number of carbonyl (C=O) groups is 3. The zero-order chi connectivity index (χ0) is 49.5. The van der Waals surface area contributed by atoms with Crippen molar-refractivity contribution in [2.75, 3.05) is 39.4 Å². The summed E-state index contributed by atoms with van der Waals surface area (Å²) in [6, 6.07) is 20.3. The zero-order valence-electron chi connectivity index (χ0n) is 41.2. The Morgan fingerprint density at radius 2 is 1.10 bits per heavy atom. The van der Waals surface area contributed by atoms with E-state index in [4.69, 9.17) is 47.4 Å². The van der Waals surface area contributed by atoms with E-state index in [2.05, 4.69) is 36.4 Å². The summed E-state index contributed by atoms with van der Waals surface area (Å²) in [7, 11) is 0. The van der Waals surface area contributed by atoms with Crippen LogP contribution in [0.1, 0.15) is 156 Å². The molecule has 8 rings (SSSR count). The van der Waals surface area contributed by atoms with Gasteiger partial charge < -0.3 is 29.1 Å². The molecule has 0 radical (unpaired) electrons. The summed E-state index contributed by atoms with van der Waals surface area (Å²) in [5.41, 5.74) is 10.1. The standard InChI is InChI=1S/C29H35ClN2O4.C27H33ClN2O3/c1-5-35-25(33)11-8-20-17-21-18-22(30)9-10-23(21)26(27-24(20)7-6-14-31-27)19-12-15-32(16-13-19)28(34)36-29(2,3)4;1-27(2,3)33-26(32)30-13-10-18(11-14-30)24-22-9-8-21(28)17-20(22)16-19(6-5-15-31)23-7-4-12-29-25(23)24/h6-7,9-10,14,17-19,26H,5,8,11-13,15-16H2,1-4H3;4,7-9,12,16-18,24,31H,5-6,10-11,13-15H2,1-3H3. The van der Waals surface area contributed by atoms with Crippen LogP contribution in [0, 0.1) is 11.8 Å². The molecule has 13 heteroatoms. The summed E-state index contributed by atoms with van der Waals surface area (Å²) < 4.78 is 16.4. The van der Waals surface area contributed by atoms with E-state index in [0.29, 0.717) is 73.9 Å². The first-order chi connectivity index (χ1) is 32.9. The van der Waals surface area contributed by atoms with Gasteiger partial charge in [-0.3, -0.25) is 14.8 Å². The lowest BCUT2D eigenvalue weighted by atomic mass is 9.76. The number of piperidine rings is 2. The Morgan fingerprint density at radius 1 is 0.667 bits per heavy atom. The van der Waals surface area contributed by atoms with Gasteiger partial charge in [0.15, 0.2) is 0 Å². The van der Waals surface area contributed by atoms with Crippen LogP contribution in [0.2, 0.25) is 10.0 Å². The molecule has 0 saturated carbocycles. The minimum Gasteiger partial charge on any atom is -0.466 e. The first kappa shape index (κ1) is 51.6. The van der Waals surface area contributed by atoms with Gasteiger partial charge in [-0.15, -0.1) is 0 Å². The number of nitrogens with zero attached hydrogens (tertiary/aromatic N) is 4. The fraction of sp³-hybridized carbons (Fsp3) is 0.482. The molecule has 2 aromatic heterocycles. The number of allylic oxidation sites excluding steroid dienone is 2. The van der Waals surface area contributed by atoms with E-state index >= 15 is 0 Å². The normalized spacial score (nSPS) is 18.3. The number of likely N-dealkylation sites (tertiary alicyclic amines) is 2. The smallest absolute Gasteiger partial charge is 0.410 e. The number of rotatable bonds is 9. The van der Waals surface area contributed by atoms with E-state index in [-0.39, 0.29) is 36.6 Å². The number of hydrogen-bond acceptors (Lipinski definition) is 9. The maximum Gasteiger partial charge on any atom is 0.410 e. The Kier molecular flexibility index (Phi) is 17.0. The molecule has 2 aliphatic carbocycles. The van der Waals surface area contributed by atoms with Crippen LogP contribution >= 0.6 is 23.2 Å². The fourth-order valence-electron chi connectivity index (χ4n) is 10.2. The second kappa shape index (κ2) is 22.7. The third-order valence-corrected chi connectivity index (χ3v) is 13.7. The van der Waals surface area contributed by atoms with Gasteiger partial charge in [0.25, 0.3) is 0 Å². The number of ether oxygens (including phenoxy) is 3. The van der Waals surface area contributed by atoms with Crippen molar-refractivity contribution in [3.63, 3.8) is 0 Å². The molecule has 1 N–H and O–H groups in total. The summed E-state index contributed by atoms with van der Waals surface area (Å²) >= 11 is 12.8. The molecule has 11 nitrogen and oxygen atoms in total. The molecule has 2 saturated heterocycles. The van der Waals surface area contributed by atoms with Gasteiger partial charge in [0.2, 0.25) is 0 Å². The number of pyridine rings is 2. The van der Waals surface area contributed by atoms with Crippen LogP contribution in [0.3, 0.4) is 0 Å². The third-order valence-electron chi connectivity index (χ3n) is 13.2. The van der Waals surface area contributed by atoms with Crippen molar-refractivity contribution in [3.05, 3.63) is 128 Å². The van der Waals surface area contributed by atoms with Crippen molar-refractivity contribution in [1.82, 2.24) is 19.8 Å². The predicted octanol–water partition coefficient (Wildman–Crippen LogP) is 12.9. The molecule has 368 valence electrons. The highest BCUT2D eigenvalue weighted by Crippen LogP contribution is 2.47. The molecule has 4 aromatic rings. The van der Waals surface area contributed by atoms with Crippen LogP contribution in [-0.2, 0) is 19.0 Å². The van der Waals surface area contributed by atoms with Crippen molar-refractivity contribution in [1.29, 1.82) is 0 Å². The van der Waals surface area contributed by atoms with E-state index in [0.717, 1.165) is 71.3 Å². The number of benzene rings is 2. The molecule has 2 atom stereocenters. The topological polar surface area (TPSA) is 131 Å². The minimum atomic E-state index is -0.512. The van der Waals surface area contributed by atoms with Gasteiger partial charge in [-0.25, -0.2) is 9.59 Å². The highest BCUT2D eigenvalue weighted by molar-refractivity contribution is 6.31. The first-order valence-electron chi connectivity index (χ1n) is 24.6. The molecule has 69 heavy (non-hydrogen) atoms. The van der Waals surface area contributed by atoms with Crippen LogP contribution in [0.5, 0.6) is 0 Å². The number of amides is 2. The van der Waals surface area contributed by atoms with Crippen LogP contribution in [-0.4, -0.2) is 93.6 Å². The Hall–Kier alpha value is -5.23. The van der Waals surface area contributed by atoms with Gasteiger partial charge in [-0.1, -0.05) is 59.6 Å². The molecule has 2 fully saturated rings. The maximum absolute atomic E-state index is 12.6. The minimum absolute atomic E-state index is 0.0607. The number of hydrogen-bond donors (Lipinski definition) is 1.